The number of aromatic nitrogens is 1. The molecule has 0 aliphatic rings. The van der Waals surface area contributed by atoms with Crippen LogP contribution in [0.15, 0.2) is 35.4 Å². The quantitative estimate of drug-likeness (QED) is 0.841. The first-order valence-electron chi connectivity index (χ1n) is 5.97. The molecule has 1 aromatic heterocycles. The molecule has 4 nitrogen and oxygen atoms in total. The predicted molar refractivity (Wildman–Crippen MR) is 75.7 cm³/mol. The van der Waals surface area contributed by atoms with Gasteiger partial charge < -0.3 is 10.2 Å². The van der Waals surface area contributed by atoms with Gasteiger partial charge in [0.05, 0.1) is 17.2 Å². The monoisotopic (exact) mass is 277 g/mol. The lowest BCUT2D eigenvalue weighted by Crippen LogP contribution is -2.16. The van der Waals surface area contributed by atoms with Gasteiger partial charge in [-0.25, -0.2) is 9.78 Å². The largest absolute Gasteiger partial charge is 0.478 e. The molecule has 0 saturated heterocycles. The van der Waals surface area contributed by atoms with Crippen molar-refractivity contribution in [2.24, 2.45) is 0 Å². The molecule has 2 unspecified atom stereocenters. The van der Waals surface area contributed by atoms with E-state index in [4.69, 9.17) is 0 Å². The van der Waals surface area contributed by atoms with Crippen LogP contribution in [0.4, 0.5) is 0 Å². The number of aliphatic hydroxyl groups is 1. The lowest BCUT2D eigenvalue weighted by atomic mass is 10.1. The maximum atomic E-state index is 11.3. The van der Waals surface area contributed by atoms with Crippen LogP contribution in [0.1, 0.15) is 24.2 Å². The van der Waals surface area contributed by atoms with Crippen LogP contribution in [0.3, 0.4) is 0 Å². The zero-order valence-corrected chi connectivity index (χ0v) is 11.5. The molecule has 0 saturated carbocycles. The molecule has 0 amide bonds. The SMILES string of the molecule is CC(O)C(C)Sc1nc2ccccc2cc1C(=O)O. The van der Waals surface area contributed by atoms with Crippen molar-refractivity contribution in [2.45, 2.75) is 30.2 Å². The fourth-order valence-electron chi connectivity index (χ4n) is 1.62. The van der Waals surface area contributed by atoms with Crippen LogP contribution < -0.4 is 0 Å². The van der Waals surface area contributed by atoms with Crippen LogP contribution in [0, 0.1) is 0 Å². The number of aromatic carboxylic acids is 1. The summed E-state index contributed by atoms with van der Waals surface area (Å²) in [5.41, 5.74) is 0.934. The second kappa shape index (κ2) is 5.59. The number of hydrogen-bond acceptors (Lipinski definition) is 4. The standard InChI is InChI=1S/C14H15NO3S/c1-8(16)9(2)19-13-11(14(17)18)7-10-5-3-4-6-12(10)15-13/h3-9,16H,1-2H3,(H,17,18). The molecule has 100 valence electrons. The average molecular weight is 277 g/mol. The Morgan fingerprint density at radius 2 is 2.00 bits per heavy atom. The van der Waals surface area contributed by atoms with Gasteiger partial charge in [-0.2, -0.15) is 0 Å². The summed E-state index contributed by atoms with van der Waals surface area (Å²) >= 11 is 1.28. The number of carbonyl (C=O) groups is 1. The molecule has 1 heterocycles. The van der Waals surface area contributed by atoms with E-state index in [0.29, 0.717) is 5.03 Å². The Bertz CT molecular complexity index is 613. The van der Waals surface area contributed by atoms with Gasteiger partial charge >= 0.3 is 5.97 Å². The van der Waals surface area contributed by atoms with Crippen molar-refractivity contribution in [3.63, 3.8) is 0 Å². The Morgan fingerprint density at radius 1 is 1.32 bits per heavy atom. The number of pyridine rings is 1. The number of thioether (sulfide) groups is 1. The molecule has 0 fully saturated rings. The number of benzene rings is 1. The molecule has 5 heteroatoms. The van der Waals surface area contributed by atoms with E-state index in [1.54, 1.807) is 13.0 Å². The zero-order valence-electron chi connectivity index (χ0n) is 10.7. The van der Waals surface area contributed by atoms with Crippen molar-refractivity contribution in [1.29, 1.82) is 0 Å². The minimum atomic E-state index is -1.00. The first-order valence-corrected chi connectivity index (χ1v) is 6.85. The van der Waals surface area contributed by atoms with Gasteiger partial charge in [0.2, 0.25) is 0 Å². The van der Waals surface area contributed by atoms with Gasteiger partial charge in [-0.3, -0.25) is 0 Å². The molecule has 2 N–H and O–H groups in total. The number of carboxylic acid groups (broad SMARTS) is 1. The second-order valence-corrected chi connectivity index (χ2v) is 5.77. The zero-order chi connectivity index (χ0) is 14.0. The summed E-state index contributed by atoms with van der Waals surface area (Å²) in [5, 5.41) is 19.9. The molecular formula is C14H15NO3S. The third-order valence-electron chi connectivity index (χ3n) is 2.90. The first-order chi connectivity index (χ1) is 8.99. The third-order valence-corrected chi connectivity index (χ3v) is 4.20. The number of aliphatic hydroxyl groups excluding tert-OH is 1. The van der Waals surface area contributed by atoms with Gasteiger partial charge in [-0.1, -0.05) is 36.9 Å². The van der Waals surface area contributed by atoms with Crippen LogP contribution >= 0.6 is 11.8 Å². The molecule has 19 heavy (non-hydrogen) atoms. The van der Waals surface area contributed by atoms with E-state index in [2.05, 4.69) is 4.98 Å². The summed E-state index contributed by atoms with van der Waals surface area (Å²) in [5.74, 6) is -1.00. The predicted octanol–water partition coefficient (Wildman–Crippen LogP) is 2.79. The number of carboxylic acids is 1. The lowest BCUT2D eigenvalue weighted by Gasteiger charge is -2.15. The first kappa shape index (κ1) is 13.8. The number of fused-ring (bicyclic) bond motifs is 1. The fourth-order valence-corrected chi connectivity index (χ4v) is 2.59. The summed E-state index contributed by atoms with van der Waals surface area (Å²) in [4.78, 5) is 15.7. The molecule has 2 rings (SSSR count). The highest BCUT2D eigenvalue weighted by molar-refractivity contribution is 8.00. The number of nitrogens with zero attached hydrogens (tertiary/aromatic N) is 1. The van der Waals surface area contributed by atoms with Gasteiger partial charge in [-0.15, -0.1) is 0 Å². The number of hydrogen-bond donors (Lipinski definition) is 2. The number of para-hydroxylation sites is 1. The van der Waals surface area contributed by atoms with Crippen molar-refractivity contribution in [1.82, 2.24) is 4.98 Å². The van der Waals surface area contributed by atoms with Crippen molar-refractivity contribution in [2.75, 3.05) is 0 Å². The summed E-state index contributed by atoms with van der Waals surface area (Å²) < 4.78 is 0. The summed E-state index contributed by atoms with van der Waals surface area (Å²) in [6.45, 7) is 3.52. The van der Waals surface area contributed by atoms with E-state index in [1.807, 2.05) is 31.2 Å². The van der Waals surface area contributed by atoms with E-state index < -0.39 is 12.1 Å². The third kappa shape index (κ3) is 3.05. The number of rotatable bonds is 4. The van der Waals surface area contributed by atoms with E-state index in [0.717, 1.165) is 10.9 Å². The van der Waals surface area contributed by atoms with Crippen LogP contribution in [0.2, 0.25) is 0 Å². The van der Waals surface area contributed by atoms with E-state index in [-0.39, 0.29) is 10.8 Å². The van der Waals surface area contributed by atoms with Gasteiger partial charge in [0.15, 0.2) is 0 Å². The Balaban J connectivity index is 2.50. The lowest BCUT2D eigenvalue weighted by molar-refractivity contribution is 0.0692. The normalized spacial score (nSPS) is 14.3. The Kier molecular flexibility index (Phi) is 4.07. The van der Waals surface area contributed by atoms with Gasteiger partial charge in [0.1, 0.15) is 5.03 Å². The molecule has 2 atom stereocenters. The molecular weight excluding hydrogens is 262 g/mol. The maximum Gasteiger partial charge on any atom is 0.338 e. The van der Waals surface area contributed by atoms with Crippen LogP contribution in [0.5, 0.6) is 0 Å². The fraction of sp³-hybridized carbons (Fsp3) is 0.286. The minimum absolute atomic E-state index is 0.119. The van der Waals surface area contributed by atoms with Crippen molar-refractivity contribution >= 4 is 28.6 Å². The summed E-state index contributed by atoms with van der Waals surface area (Å²) in [7, 11) is 0. The van der Waals surface area contributed by atoms with Crippen LogP contribution in [-0.2, 0) is 0 Å². The molecule has 1 aromatic carbocycles. The van der Waals surface area contributed by atoms with Crippen molar-refractivity contribution in [3.05, 3.63) is 35.9 Å². The van der Waals surface area contributed by atoms with Gasteiger partial charge in [0.25, 0.3) is 0 Å². The highest BCUT2D eigenvalue weighted by atomic mass is 32.2. The second-order valence-electron chi connectivity index (χ2n) is 4.40. The summed E-state index contributed by atoms with van der Waals surface area (Å²) in [6, 6.07) is 9.02. The highest BCUT2D eigenvalue weighted by Crippen LogP contribution is 2.29. The Hall–Kier alpha value is -1.59. The van der Waals surface area contributed by atoms with E-state index >= 15 is 0 Å². The van der Waals surface area contributed by atoms with Crippen LogP contribution in [-0.4, -0.2) is 32.5 Å². The average Bonchev–Trinajstić information content (AvgIpc) is 2.37. The van der Waals surface area contributed by atoms with Gasteiger partial charge in [-0.05, 0) is 19.1 Å². The molecule has 0 spiro atoms. The maximum absolute atomic E-state index is 11.3. The summed E-state index contributed by atoms with van der Waals surface area (Å²) in [6.07, 6.45) is -0.528. The van der Waals surface area contributed by atoms with Crippen LogP contribution in [0.25, 0.3) is 10.9 Å². The molecule has 0 aliphatic heterocycles. The van der Waals surface area contributed by atoms with E-state index in [1.165, 1.54) is 11.8 Å². The highest BCUT2D eigenvalue weighted by Gasteiger charge is 2.18. The molecule has 0 bridgehead atoms. The molecule has 0 aliphatic carbocycles. The topological polar surface area (TPSA) is 70.4 Å². The van der Waals surface area contributed by atoms with Crippen molar-refractivity contribution in [3.8, 4) is 0 Å². The van der Waals surface area contributed by atoms with Crippen molar-refractivity contribution < 1.29 is 15.0 Å². The Morgan fingerprint density at radius 3 is 2.63 bits per heavy atom. The minimum Gasteiger partial charge on any atom is -0.478 e. The van der Waals surface area contributed by atoms with E-state index in [9.17, 15) is 15.0 Å². The Labute approximate surface area is 115 Å². The van der Waals surface area contributed by atoms with Gasteiger partial charge in [0, 0.05) is 10.6 Å². The molecule has 2 aromatic rings. The smallest absolute Gasteiger partial charge is 0.338 e. The molecule has 0 radical (unpaired) electrons.